The second-order valence-corrected chi connectivity index (χ2v) is 7.48. The average Bonchev–Trinajstić information content (AvgIpc) is 2.51. The minimum Gasteiger partial charge on any atom is -0.303 e. The topological polar surface area (TPSA) is 3.24 Å². The summed E-state index contributed by atoms with van der Waals surface area (Å²) in [6.07, 6.45) is 9.16. The predicted molar refractivity (Wildman–Crippen MR) is 105 cm³/mol. The Hall–Kier alpha value is -0.755. The largest absolute Gasteiger partial charge is 0.303 e. The SMILES string of the molecule is CBCCc1ccc(CC2CN(CCCCC)C2)c(CC)c1C. The number of nitrogens with zero attached hydrogens (tertiary/aromatic N) is 1. The van der Waals surface area contributed by atoms with E-state index in [9.17, 15) is 0 Å². The molecule has 0 unspecified atom stereocenters. The van der Waals surface area contributed by atoms with Crippen molar-refractivity contribution < 1.29 is 0 Å². The summed E-state index contributed by atoms with van der Waals surface area (Å²) in [4.78, 5) is 2.65. The molecular weight excluding hydrogens is 277 g/mol. The predicted octanol–water partition coefficient (Wildman–Crippen LogP) is 4.67. The molecule has 0 aromatic heterocycles. The molecule has 0 spiro atoms. The van der Waals surface area contributed by atoms with Crippen molar-refractivity contribution in [2.45, 2.75) is 72.4 Å². The Kier molecular flexibility index (Phi) is 7.69. The second kappa shape index (κ2) is 9.52. The van der Waals surface area contributed by atoms with Crippen LogP contribution in [0.2, 0.25) is 13.1 Å². The van der Waals surface area contributed by atoms with Crippen LogP contribution in [0.15, 0.2) is 12.1 Å². The molecule has 1 nitrogen and oxygen atoms in total. The first-order chi connectivity index (χ1) is 11.2. The number of unbranched alkanes of at least 4 members (excludes halogenated alkanes) is 2. The van der Waals surface area contributed by atoms with Crippen LogP contribution in [0, 0.1) is 12.8 Å². The monoisotopic (exact) mass is 313 g/mol. The standard InChI is InChI=1S/C21H36BN/c1-5-7-8-13-23-15-18(16-23)14-20-10-9-19(11-12-22-4)17(3)21(20)6-2/h9-10,18,22H,5-8,11-16H2,1-4H3. The third-order valence-corrected chi connectivity index (χ3v) is 5.58. The van der Waals surface area contributed by atoms with Crippen LogP contribution in [0.5, 0.6) is 0 Å². The molecule has 0 aliphatic carbocycles. The third-order valence-electron chi connectivity index (χ3n) is 5.58. The van der Waals surface area contributed by atoms with Crippen LogP contribution in [0.4, 0.5) is 0 Å². The lowest BCUT2D eigenvalue weighted by Gasteiger charge is -2.40. The summed E-state index contributed by atoms with van der Waals surface area (Å²) < 4.78 is 0. The van der Waals surface area contributed by atoms with Crippen molar-refractivity contribution in [3.05, 3.63) is 34.4 Å². The Morgan fingerprint density at radius 1 is 1.13 bits per heavy atom. The lowest BCUT2D eigenvalue weighted by Crippen LogP contribution is -2.47. The van der Waals surface area contributed by atoms with Gasteiger partial charge in [0.15, 0.2) is 0 Å². The van der Waals surface area contributed by atoms with E-state index in [-0.39, 0.29) is 0 Å². The second-order valence-electron chi connectivity index (χ2n) is 7.48. The van der Waals surface area contributed by atoms with E-state index in [2.05, 4.69) is 44.6 Å². The Labute approximate surface area is 145 Å². The fourth-order valence-electron chi connectivity index (χ4n) is 4.07. The van der Waals surface area contributed by atoms with Gasteiger partial charge in [0.05, 0.1) is 0 Å². The summed E-state index contributed by atoms with van der Waals surface area (Å²) >= 11 is 0. The highest BCUT2D eigenvalue weighted by Crippen LogP contribution is 2.27. The fourth-order valence-corrected chi connectivity index (χ4v) is 4.07. The number of hydrogen-bond donors (Lipinski definition) is 0. The molecule has 0 radical (unpaired) electrons. The van der Waals surface area contributed by atoms with Crippen LogP contribution in [0.25, 0.3) is 0 Å². The summed E-state index contributed by atoms with van der Waals surface area (Å²) in [5, 5.41) is 0. The minimum absolute atomic E-state index is 0.891. The van der Waals surface area contributed by atoms with Gasteiger partial charge in [-0.2, -0.15) is 0 Å². The molecule has 0 N–H and O–H groups in total. The van der Waals surface area contributed by atoms with E-state index in [1.54, 1.807) is 22.3 Å². The summed E-state index contributed by atoms with van der Waals surface area (Å²) in [7, 11) is 1.29. The molecule has 1 fully saturated rings. The van der Waals surface area contributed by atoms with Crippen molar-refractivity contribution in [1.82, 2.24) is 4.90 Å². The van der Waals surface area contributed by atoms with Gasteiger partial charge in [-0.25, -0.2) is 0 Å². The maximum absolute atomic E-state index is 2.65. The fraction of sp³-hybridized carbons (Fsp3) is 0.714. The smallest absolute Gasteiger partial charge is 0.117 e. The first-order valence-electron chi connectivity index (χ1n) is 10.0. The van der Waals surface area contributed by atoms with Gasteiger partial charge in [-0.3, -0.25) is 0 Å². The van der Waals surface area contributed by atoms with Crippen LogP contribution in [0.3, 0.4) is 0 Å². The van der Waals surface area contributed by atoms with Crippen molar-refractivity contribution in [1.29, 1.82) is 0 Å². The van der Waals surface area contributed by atoms with Crippen molar-refractivity contribution in [2.75, 3.05) is 19.6 Å². The van der Waals surface area contributed by atoms with Gasteiger partial charge >= 0.3 is 0 Å². The van der Waals surface area contributed by atoms with Crippen LogP contribution in [0.1, 0.15) is 55.4 Å². The maximum Gasteiger partial charge on any atom is 0.117 e. The lowest BCUT2D eigenvalue weighted by molar-refractivity contribution is 0.0985. The van der Waals surface area contributed by atoms with Crippen LogP contribution in [-0.4, -0.2) is 31.8 Å². The number of likely N-dealkylation sites (tertiary alicyclic amines) is 1. The Morgan fingerprint density at radius 2 is 1.87 bits per heavy atom. The normalized spacial score (nSPS) is 15.7. The molecule has 1 aliphatic rings. The Morgan fingerprint density at radius 3 is 2.52 bits per heavy atom. The summed E-state index contributed by atoms with van der Waals surface area (Å²) in [6, 6.07) is 4.85. The number of hydrogen-bond acceptors (Lipinski definition) is 1. The summed E-state index contributed by atoms with van der Waals surface area (Å²) in [6.45, 7) is 13.2. The first kappa shape index (κ1) is 18.6. The van der Waals surface area contributed by atoms with E-state index < -0.39 is 0 Å². The zero-order valence-corrected chi connectivity index (χ0v) is 16.0. The Balaban J connectivity index is 1.89. The summed E-state index contributed by atoms with van der Waals surface area (Å²) in [5.41, 5.74) is 6.44. The summed E-state index contributed by atoms with van der Waals surface area (Å²) in [5.74, 6) is 0.891. The molecule has 1 aromatic carbocycles. The van der Waals surface area contributed by atoms with Crippen LogP contribution in [-0.2, 0) is 19.3 Å². The number of aryl methyl sites for hydroxylation is 1. The van der Waals surface area contributed by atoms with Gasteiger partial charge in [0.1, 0.15) is 7.28 Å². The molecule has 1 aliphatic heterocycles. The molecule has 0 amide bonds. The quantitative estimate of drug-likeness (QED) is 0.448. The van der Waals surface area contributed by atoms with Crippen molar-refractivity contribution in [3.63, 3.8) is 0 Å². The van der Waals surface area contributed by atoms with Gasteiger partial charge in [0.2, 0.25) is 0 Å². The molecule has 2 rings (SSSR count). The highest BCUT2D eigenvalue weighted by atomic mass is 15.2. The minimum atomic E-state index is 0.891. The first-order valence-corrected chi connectivity index (χ1v) is 10.0. The Bertz CT molecular complexity index is 477. The van der Waals surface area contributed by atoms with Gasteiger partial charge in [0.25, 0.3) is 0 Å². The van der Waals surface area contributed by atoms with E-state index in [0.717, 1.165) is 5.92 Å². The van der Waals surface area contributed by atoms with Crippen molar-refractivity contribution in [2.24, 2.45) is 5.92 Å². The lowest BCUT2D eigenvalue weighted by atomic mass is 9.75. The van der Waals surface area contributed by atoms with Gasteiger partial charge in [-0.1, -0.05) is 52.0 Å². The van der Waals surface area contributed by atoms with E-state index in [0.29, 0.717) is 0 Å². The molecule has 128 valence electrons. The van der Waals surface area contributed by atoms with Gasteiger partial charge < -0.3 is 4.90 Å². The third kappa shape index (κ3) is 5.11. The maximum atomic E-state index is 2.65. The molecule has 1 aromatic rings. The van der Waals surface area contributed by atoms with Crippen molar-refractivity contribution in [3.8, 4) is 0 Å². The molecular formula is C21H36BN. The number of rotatable bonds is 10. The average molecular weight is 313 g/mol. The molecule has 0 atom stereocenters. The molecule has 0 saturated carbocycles. The van der Waals surface area contributed by atoms with Gasteiger partial charge in [0, 0.05) is 13.1 Å². The van der Waals surface area contributed by atoms with E-state index in [4.69, 9.17) is 0 Å². The van der Waals surface area contributed by atoms with Gasteiger partial charge in [-0.15, -0.1) is 0 Å². The highest BCUT2D eigenvalue weighted by molar-refractivity contribution is 6.33. The zero-order valence-electron chi connectivity index (χ0n) is 16.0. The highest BCUT2D eigenvalue weighted by Gasteiger charge is 2.26. The molecule has 1 saturated heterocycles. The van der Waals surface area contributed by atoms with Gasteiger partial charge in [-0.05, 0) is 67.3 Å². The van der Waals surface area contributed by atoms with Crippen LogP contribution < -0.4 is 0 Å². The van der Waals surface area contributed by atoms with E-state index >= 15 is 0 Å². The molecule has 1 heterocycles. The number of benzene rings is 1. The zero-order chi connectivity index (χ0) is 16.7. The molecule has 2 heteroatoms. The molecule has 23 heavy (non-hydrogen) atoms. The molecule has 0 bridgehead atoms. The van der Waals surface area contributed by atoms with Crippen molar-refractivity contribution >= 4 is 7.28 Å². The van der Waals surface area contributed by atoms with E-state index in [1.165, 1.54) is 71.8 Å². The van der Waals surface area contributed by atoms with Crippen LogP contribution >= 0.6 is 0 Å². The van der Waals surface area contributed by atoms with E-state index in [1.807, 2.05) is 0 Å².